The molecule has 0 bridgehead atoms. The van der Waals surface area contributed by atoms with E-state index in [1.807, 2.05) is 6.07 Å². The molecule has 32 heavy (non-hydrogen) atoms. The molecule has 0 radical (unpaired) electrons. The Bertz CT molecular complexity index is 950. The van der Waals surface area contributed by atoms with Gasteiger partial charge >= 0.3 is 12.1 Å². The van der Waals surface area contributed by atoms with Crippen molar-refractivity contribution in [2.45, 2.75) is 64.7 Å². The summed E-state index contributed by atoms with van der Waals surface area (Å²) in [5.41, 5.74) is 1.52. The zero-order chi connectivity index (χ0) is 24.1. The predicted octanol–water partition coefficient (Wildman–Crippen LogP) is 6.60. The van der Waals surface area contributed by atoms with Gasteiger partial charge in [0.1, 0.15) is 5.60 Å². The summed E-state index contributed by atoms with van der Waals surface area (Å²) in [7, 11) is 0. The van der Waals surface area contributed by atoms with E-state index < -0.39 is 30.0 Å². The number of benzene rings is 2. The molecule has 1 atom stereocenters. The maximum atomic E-state index is 13.2. The number of halogens is 4. The van der Waals surface area contributed by atoms with Crippen molar-refractivity contribution in [3.05, 3.63) is 64.2 Å². The summed E-state index contributed by atoms with van der Waals surface area (Å²) >= 11 is 5.83. The second-order valence-corrected chi connectivity index (χ2v) is 9.03. The highest BCUT2D eigenvalue weighted by molar-refractivity contribution is 6.30. The number of amides is 1. The van der Waals surface area contributed by atoms with E-state index in [-0.39, 0.29) is 18.0 Å². The molecule has 1 amide bonds. The molecule has 174 valence electrons. The third-order valence-electron chi connectivity index (χ3n) is 4.75. The van der Waals surface area contributed by atoms with Crippen molar-refractivity contribution in [1.29, 1.82) is 0 Å². The SMILES string of the molecule is Cc1c(CCC(=O)OC(C)(C)C)cccc1NC(=O)[C@@H](CC(F)(F)F)c1ccc(Cl)cc1. The van der Waals surface area contributed by atoms with Crippen molar-refractivity contribution in [3.63, 3.8) is 0 Å². The Balaban J connectivity index is 2.18. The van der Waals surface area contributed by atoms with E-state index in [2.05, 4.69) is 5.32 Å². The maximum absolute atomic E-state index is 13.2. The highest BCUT2D eigenvalue weighted by Crippen LogP contribution is 2.33. The second-order valence-electron chi connectivity index (χ2n) is 8.59. The first-order chi connectivity index (χ1) is 14.7. The number of anilines is 1. The molecule has 2 aromatic rings. The van der Waals surface area contributed by atoms with Crippen molar-refractivity contribution in [2.75, 3.05) is 5.32 Å². The minimum atomic E-state index is -4.52. The monoisotopic (exact) mass is 469 g/mol. The summed E-state index contributed by atoms with van der Waals surface area (Å²) < 4.78 is 44.8. The van der Waals surface area contributed by atoms with Gasteiger partial charge < -0.3 is 10.1 Å². The van der Waals surface area contributed by atoms with E-state index in [0.717, 1.165) is 5.56 Å². The summed E-state index contributed by atoms with van der Waals surface area (Å²) in [6.45, 7) is 7.10. The summed E-state index contributed by atoms with van der Waals surface area (Å²) in [6, 6.07) is 10.9. The quantitative estimate of drug-likeness (QED) is 0.465. The van der Waals surface area contributed by atoms with Crippen molar-refractivity contribution >= 4 is 29.2 Å². The van der Waals surface area contributed by atoms with Crippen LogP contribution in [0.4, 0.5) is 18.9 Å². The van der Waals surface area contributed by atoms with Gasteiger partial charge in [0.15, 0.2) is 0 Å². The smallest absolute Gasteiger partial charge is 0.390 e. The van der Waals surface area contributed by atoms with E-state index >= 15 is 0 Å². The highest BCUT2D eigenvalue weighted by Gasteiger charge is 2.36. The van der Waals surface area contributed by atoms with E-state index in [9.17, 15) is 22.8 Å². The Morgan fingerprint density at radius 1 is 1.06 bits per heavy atom. The van der Waals surface area contributed by atoms with Crippen molar-refractivity contribution < 1.29 is 27.5 Å². The van der Waals surface area contributed by atoms with E-state index in [0.29, 0.717) is 22.7 Å². The fraction of sp³-hybridized carbons (Fsp3) is 0.417. The van der Waals surface area contributed by atoms with Gasteiger partial charge in [-0.1, -0.05) is 35.9 Å². The first-order valence-electron chi connectivity index (χ1n) is 10.2. The van der Waals surface area contributed by atoms with Crippen LogP contribution in [0.15, 0.2) is 42.5 Å². The van der Waals surface area contributed by atoms with Gasteiger partial charge in [0.2, 0.25) is 5.91 Å². The molecule has 0 saturated carbocycles. The first-order valence-corrected chi connectivity index (χ1v) is 10.6. The molecule has 2 rings (SSSR count). The van der Waals surface area contributed by atoms with Crippen LogP contribution in [0.2, 0.25) is 5.02 Å². The topological polar surface area (TPSA) is 55.4 Å². The van der Waals surface area contributed by atoms with Crippen LogP contribution < -0.4 is 5.32 Å². The van der Waals surface area contributed by atoms with Crippen LogP contribution in [0.5, 0.6) is 0 Å². The number of carbonyl (C=O) groups is 2. The summed E-state index contributed by atoms with van der Waals surface area (Å²) in [5, 5.41) is 2.99. The van der Waals surface area contributed by atoms with Crippen LogP contribution in [0.1, 0.15) is 56.2 Å². The molecule has 0 spiro atoms. The molecule has 1 N–H and O–H groups in total. The van der Waals surface area contributed by atoms with Crippen molar-refractivity contribution in [2.24, 2.45) is 0 Å². The highest BCUT2D eigenvalue weighted by atomic mass is 35.5. The van der Waals surface area contributed by atoms with Gasteiger partial charge in [-0.15, -0.1) is 0 Å². The molecule has 0 unspecified atom stereocenters. The lowest BCUT2D eigenvalue weighted by atomic mass is 9.94. The number of aryl methyl sites for hydroxylation is 1. The van der Waals surface area contributed by atoms with Crippen LogP contribution in [-0.4, -0.2) is 23.7 Å². The van der Waals surface area contributed by atoms with Gasteiger partial charge in [-0.05, 0) is 69.0 Å². The number of hydrogen-bond donors (Lipinski definition) is 1. The Labute approximate surface area is 191 Å². The Hall–Kier alpha value is -2.54. The molecule has 8 heteroatoms. The molecule has 2 aromatic carbocycles. The third kappa shape index (κ3) is 8.19. The van der Waals surface area contributed by atoms with Crippen LogP contribution in [-0.2, 0) is 20.7 Å². The van der Waals surface area contributed by atoms with Crippen LogP contribution in [0.3, 0.4) is 0 Å². The number of rotatable bonds is 7. The Kier molecular flexibility index (Phi) is 8.35. The molecule has 0 aliphatic carbocycles. The fourth-order valence-electron chi connectivity index (χ4n) is 3.23. The van der Waals surface area contributed by atoms with Gasteiger partial charge in [-0.3, -0.25) is 9.59 Å². The lowest BCUT2D eigenvalue weighted by molar-refractivity contribution is -0.154. The molecule has 0 fully saturated rings. The third-order valence-corrected chi connectivity index (χ3v) is 5.00. The zero-order valence-electron chi connectivity index (χ0n) is 18.5. The zero-order valence-corrected chi connectivity index (χ0v) is 19.2. The van der Waals surface area contributed by atoms with Gasteiger partial charge in [0.25, 0.3) is 0 Å². The van der Waals surface area contributed by atoms with Gasteiger partial charge in [0, 0.05) is 17.1 Å². The molecule has 0 aliphatic heterocycles. The van der Waals surface area contributed by atoms with Crippen LogP contribution >= 0.6 is 11.6 Å². The lowest BCUT2D eigenvalue weighted by Crippen LogP contribution is -2.26. The van der Waals surface area contributed by atoms with Crippen molar-refractivity contribution in [3.8, 4) is 0 Å². The predicted molar refractivity (Wildman–Crippen MR) is 119 cm³/mol. The number of carbonyl (C=O) groups excluding carboxylic acids is 2. The van der Waals surface area contributed by atoms with Gasteiger partial charge in [-0.25, -0.2) is 0 Å². The minimum Gasteiger partial charge on any atom is -0.460 e. The largest absolute Gasteiger partial charge is 0.460 e. The Morgan fingerprint density at radius 2 is 1.69 bits per heavy atom. The van der Waals surface area contributed by atoms with E-state index in [1.165, 1.54) is 24.3 Å². The van der Waals surface area contributed by atoms with E-state index in [4.69, 9.17) is 16.3 Å². The van der Waals surface area contributed by atoms with Crippen LogP contribution in [0, 0.1) is 6.92 Å². The average Bonchev–Trinajstić information content (AvgIpc) is 2.65. The molecule has 0 aliphatic rings. The Morgan fingerprint density at radius 3 is 2.25 bits per heavy atom. The summed E-state index contributed by atoms with van der Waals surface area (Å²) in [4.78, 5) is 24.8. The standard InChI is InChI=1S/C24H27ClF3NO3/c1-15-16(10-13-21(30)32-23(2,3)4)6-5-7-20(15)29-22(31)19(14-24(26,27)28)17-8-11-18(25)12-9-17/h5-9,11-12,19H,10,13-14H2,1-4H3,(H,29,31)/t19-/m0/s1. The number of alkyl halides is 3. The molecule has 4 nitrogen and oxygen atoms in total. The maximum Gasteiger partial charge on any atom is 0.390 e. The molecule has 0 aromatic heterocycles. The van der Waals surface area contributed by atoms with Gasteiger partial charge in [-0.2, -0.15) is 13.2 Å². The number of hydrogen-bond acceptors (Lipinski definition) is 3. The molecular formula is C24H27ClF3NO3. The molecular weight excluding hydrogens is 443 g/mol. The lowest BCUT2D eigenvalue weighted by Gasteiger charge is -2.21. The minimum absolute atomic E-state index is 0.150. The fourth-order valence-corrected chi connectivity index (χ4v) is 3.35. The normalized spacial score (nSPS) is 12.9. The van der Waals surface area contributed by atoms with Crippen molar-refractivity contribution in [1.82, 2.24) is 0 Å². The summed E-state index contributed by atoms with van der Waals surface area (Å²) in [6.07, 6.45) is -5.28. The summed E-state index contributed by atoms with van der Waals surface area (Å²) in [5.74, 6) is -2.53. The molecule has 0 saturated heterocycles. The number of esters is 1. The first kappa shape index (κ1) is 25.7. The number of nitrogens with one attached hydrogen (secondary N) is 1. The average molecular weight is 470 g/mol. The van der Waals surface area contributed by atoms with E-state index in [1.54, 1.807) is 39.8 Å². The molecule has 0 heterocycles. The second kappa shape index (κ2) is 10.4. The number of ether oxygens (including phenoxy) is 1. The van der Waals surface area contributed by atoms with Crippen LogP contribution in [0.25, 0.3) is 0 Å². The van der Waals surface area contributed by atoms with Gasteiger partial charge in [0.05, 0.1) is 12.3 Å².